The second-order valence-corrected chi connectivity index (χ2v) is 15.4. The molecule has 0 saturated heterocycles. The first-order valence-corrected chi connectivity index (χ1v) is 20.4. The summed E-state index contributed by atoms with van der Waals surface area (Å²) in [5, 5.41) is 7.28. The summed E-state index contributed by atoms with van der Waals surface area (Å²) in [4.78, 5) is 10.3. The number of rotatable bonds is 6. The fourth-order valence-electron chi connectivity index (χ4n) is 9.09. The Hall–Kier alpha value is -8.08. The Labute approximate surface area is 346 Å². The van der Waals surface area contributed by atoms with Crippen molar-refractivity contribution in [2.24, 2.45) is 0 Å². The van der Waals surface area contributed by atoms with Crippen LogP contribution >= 0.6 is 0 Å². The molecule has 0 aliphatic rings. The normalized spacial score (nSPS) is 11.7. The van der Waals surface area contributed by atoms with Crippen molar-refractivity contribution < 1.29 is 0 Å². The minimum Gasteiger partial charge on any atom is -0.309 e. The summed E-state index contributed by atoms with van der Waals surface area (Å²) in [5.74, 6) is 0.702. The van der Waals surface area contributed by atoms with Crippen molar-refractivity contribution in [3.63, 3.8) is 0 Å². The Kier molecular flexibility index (Phi) is 7.82. The zero-order valence-electron chi connectivity index (χ0n) is 32.6. The van der Waals surface area contributed by atoms with Gasteiger partial charge >= 0.3 is 0 Å². The molecule has 0 aliphatic carbocycles. The zero-order chi connectivity index (χ0) is 39.6. The standard InChI is InChI=1S/C56H36N4/c1-4-15-37(16-5-1)38-27-29-39(30-28-38)49-35-50(58-56(57-49)40-17-6-2-7-18-40)42-31-32-44-41(33-42)19-14-26-51(44)60-53-25-13-11-23-46(53)48-34-47-45-22-10-12-24-52(45)59(54(47)36-55(48)60)43-20-8-3-9-21-43/h1-36H. The Bertz CT molecular complexity index is 3570. The van der Waals surface area contributed by atoms with E-state index in [1.165, 1.54) is 60.1 Å². The molecule has 9 aromatic carbocycles. The van der Waals surface area contributed by atoms with E-state index in [-0.39, 0.29) is 0 Å². The maximum Gasteiger partial charge on any atom is 0.160 e. The van der Waals surface area contributed by atoms with E-state index < -0.39 is 0 Å². The summed E-state index contributed by atoms with van der Waals surface area (Å²) in [6.07, 6.45) is 0. The number of para-hydroxylation sites is 3. The summed E-state index contributed by atoms with van der Waals surface area (Å²) in [6, 6.07) is 78.0. The monoisotopic (exact) mass is 764 g/mol. The minimum atomic E-state index is 0.702. The van der Waals surface area contributed by atoms with Crippen LogP contribution in [0.1, 0.15) is 0 Å². The predicted octanol–water partition coefficient (Wildman–Crippen LogP) is 14.5. The minimum absolute atomic E-state index is 0.702. The predicted molar refractivity (Wildman–Crippen MR) is 250 cm³/mol. The second kappa shape index (κ2) is 13.8. The number of hydrogen-bond acceptors (Lipinski definition) is 2. The average Bonchev–Trinajstić information content (AvgIpc) is 3.83. The van der Waals surface area contributed by atoms with E-state index in [1.807, 2.05) is 24.3 Å². The molecule has 12 rings (SSSR count). The molecule has 60 heavy (non-hydrogen) atoms. The Morgan fingerprint density at radius 1 is 0.283 bits per heavy atom. The van der Waals surface area contributed by atoms with Gasteiger partial charge < -0.3 is 9.13 Å². The van der Waals surface area contributed by atoms with Crippen LogP contribution in [0.3, 0.4) is 0 Å². The number of aromatic nitrogens is 4. The lowest BCUT2D eigenvalue weighted by Gasteiger charge is -2.14. The van der Waals surface area contributed by atoms with E-state index in [9.17, 15) is 0 Å². The number of benzene rings is 9. The van der Waals surface area contributed by atoms with E-state index in [0.29, 0.717) is 5.82 Å². The van der Waals surface area contributed by atoms with E-state index >= 15 is 0 Å². The van der Waals surface area contributed by atoms with Crippen molar-refractivity contribution in [1.29, 1.82) is 0 Å². The summed E-state index contributed by atoms with van der Waals surface area (Å²) >= 11 is 0. The average molecular weight is 765 g/mol. The van der Waals surface area contributed by atoms with E-state index in [4.69, 9.17) is 9.97 Å². The van der Waals surface area contributed by atoms with Crippen LogP contribution in [0.2, 0.25) is 0 Å². The molecule has 0 spiro atoms. The molecular formula is C56H36N4. The Balaban J connectivity index is 1.03. The lowest BCUT2D eigenvalue weighted by molar-refractivity contribution is 1.17. The molecular weight excluding hydrogens is 729 g/mol. The van der Waals surface area contributed by atoms with Gasteiger partial charge in [0.25, 0.3) is 0 Å². The zero-order valence-corrected chi connectivity index (χ0v) is 32.6. The molecule has 0 fully saturated rings. The maximum absolute atomic E-state index is 5.19. The SMILES string of the molecule is c1ccc(-c2ccc(-c3cc(-c4ccc5c(-n6c7ccccc7c7cc8c9ccccc9n(-c9ccccc9)c8cc76)cccc5c4)nc(-c4ccccc4)n3)cc2)cc1. The molecule has 4 heteroatoms. The lowest BCUT2D eigenvalue weighted by Crippen LogP contribution is -1.98. The topological polar surface area (TPSA) is 35.6 Å². The number of fused-ring (bicyclic) bond motifs is 7. The quantitative estimate of drug-likeness (QED) is 0.169. The van der Waals surface area contributed by atoms with Crippen molar-refractivity contribution in [1.82, 2.24) is 19.1 Å². The lowest BCUT2D eigenvalue weighted by atomic mass is 10.0. The van der Waals surface area contributed by atoms with E-state index in [0.717, 1.165) is 44.8 Å². The summed E-state index contributed by atoms with van der Waals surface area (Å²) in [6.45, 7) is 0. The highest BCUT2D eigenvalue weighted by Gasteiger charge is 2.20. The smallest absolute Gasteiger partial charge is 0.160 e. The van der Waals surface area contributed by atoms with Crippen LogP contribution in [0.25, 0.3) is 111 Å². The number of hydrogen-bond donors (Lipinski definition) is 0. The van der Waals surface area contributed by atoms with Gasteiger partial charge in [0.05, 0.1) is 39.1 Å². The highest BCUT2D eigenvalue weighted by molar-refractivity contribution is 6.19. The maximum atomic E-state index is 5.19. The van der Waals surface area contributed by atoms with Gasteiger partial charge in [-0.05, 0) is 71.1 Å². The second-order valence-electron chi connectivity index (χ2n) is 15.4. The van der Waals surface area contributed by atoms with Crippen molar-refractivity contribution in [2.75, 3.05) is 0 Å². The third kappa shape index (κ3) is 5.53. The highest BCUT2D eigenvalue weighted by Crippen LogP contribution is 2.41. The van der Waals surface area contributed by atoms with Crippen LogP contribution in [0, 0.1) is 0 Å². The van der Waals surface area contributed by atoms with Gasteiger partial charge in [-0.2, -0.15) is 0 Å². The van der Waals surface area contributed by atoms with Gasteiger partial charge in [0.1, 0.15) is 0 Å². The van der Waals surface area contributed by atoms with Gasteiger partial charge in [-0.15, -0.1) is 0 Å². The van der Waals surface area contributed by atoms with E-state index in [1.54, 1.807) is 0 Å². The third-order valence-corrected chi connectivity index (χ3v) is 11.9. The van der Waals surface area contributed by atoms with Gasteiger partial charge in [0, 0.05) is 49.3 Å². The first kappa shape index (κ1) is 34.0. The Morgan fingerprint density at radius 2 is 0.817 bits per heavy atom. The highest BCUT2D eigenvalue weighted by atomic mass is 15.0. The van der Waals surface area contributed by atoms with Crippen molar-refractivity contribution >= 4 is 54.4 Å². The fourth-order valence-corrected chi connectivity index (χ4v) is 9.09. The molecule has 0 saturated carbocycles. The van der Waals surface area contributed by atoms with Gasteiger partial charge in [0.15, 0.2) is 5.82 Å². The van der Waals surface area contributed by atoms with Gasteiger partial charge in [-0.1, -0.05) is 164 Å². The first-order valence-electron chi connectivity index (χ1n) is 20.4. The van der Waals surface area contributed by atoms with Crippen LogP contribution in [-0.2, 0) is 0 Å². The van der Waals surface area contributed by atoms with Gasteiger partial charge in [-0.3, -0.25) is 0 Å². The molecule has 4 nitrogen and oxygen atoms in total. The molecule has 280 valence electrons. The van der Waals surface area contributed by atoms with Crippen LogP contribution in [0.5, 0.6) is 0 Å². The molecule has 0 N–H and O–H groups in total. The molecule has 0 atom stereocenters. The van der Waals surface area contributed by atoms with Crippen LogP contribution in [0.15, 0.2) is 218 Å². The van der Waals surface area contributed by atoms with Crippen molar-refractivity contribution in [3.8, 4) is 56.4 Å². The molecule has 0 unspecified atom stereocenters. The molecule has 0 bridgehead atoms. The van der Waals surface area contributed by atoms with Gasteiger partial charge in [0.2, 0.25) is 0 Å². The summed E-state index contributed by atoms with van der Waals surface area (Å²) in [5.41, 5.74) is 14.2. The van der Waals surface area contributed by atoms with Gasteiger partial charge in [-0.25, -0.2) is 9.97 Å². The fraction of sp³-hybridized carbons (Fsp3) is 0. The molecule has 0 aliphatic heterocycles. The first-order chi connectivity index (χ1) is 29.7. The molecule has 3 heterocycles. The van der Waals surface area contributed by atoms with Crippen LogP contribution in [-0.4, -0.2) is 19.1 Å². The molecule has 3 aromatic heterocycles. The molecule has 0 amide bonds. The van der Waals surface area contributed by atoms with Crippen LogP contribution < -0.4 is 0 Å². The molecule has 12 aromatic rings. The summed E-state index contributed by atoms with van der Waals surface area (Å²) in [7, 11) is 0. The Morgan fingerprint density at radius 3 is 1.52 bits per heavy atom. The third-order valence-electron chi connectivity index (χ3n) is 11.9. The summed E-state index contributed by atoms with van der Waals surface area (Å²) < 4.78 is 4.85. The van der Waals surface area contributed by atoms with E-state index in [2.05, 4.69) is 203 Å². The van der Waals surface area contributed by atoms with Crippen molar-refractivity contribution in [2.45, 2.75) is 0 Å². The molecule has 0 radical (unpaired) electrons. The largest absolute Gasteiger partial charge is 0.309 e. The number of nitrogens with zero attached hydrogens (tertiary/aromatic N) is 4. The van der Waals surface area contributed by atoms with Crippen LogP contribution in [0.4, 0.5) is 0 Å². The van der Waals surface area contributed by atoms with Crippen molar-refractivity contribution in [3.05, 3.63) is 218 Å².